The highest BCUT2D eigenvalue weighted by Crippen LogP contribution is 2.28. The Bertz CT molecular complexity index is 2690. The maximum atomic E-state index is 13.7. The molecule has 0 saturated carbocycles. The Labute approximate surface area is 406 Å². The van der Waals surface area contributed by atoms with Crippen LogP contribution in [0.4, 0.5) is 4.79 Å². The summed E-state index contributed by atoms with van der Waals surface area (Å²) in [6, 6.07) is 34.5. The van der Waals surface area contributed by atoms with Gasteiger partial charge in [-0.2, -0.15) is 0 Å². The Morgan fingerprint density at radius 3 is 1.71 bits per heavy atom. The number of aromatic nitrogens is 2. The molecule has 14 nitrogen and oxygen atoms in total. The third-order valence-electron chi connectivity index (χ3n) is 12.4. The van der Waals surface area contributed by atoms with Crippen molar-refractivity contribution >= 4 is 40.0 Å². The Hall–Kier alpha value is -6.48. The average Bonchev–Trinajstić information content (AvgIpc) is 3.31. The summed E-state index contributed by atoms with van der Waals surface area (Å²) in [6.07, 6.45) is -0.442. The molecule has 6 aromatic rings. The number of fused-ring (bicyclic) bond motifs is 2. The molecular formula is C55H68N8O6. The summed E-state index contributed by atoms with van der Waals surface area (Å²) in [7, 11) is 0. The minimum atomic E-state index is -0.710. The largest absolute Gasteiger partial charge is 0.444 e. The first-order valence-electron chi connectivity index (χ1n) is 24.1. The smallest absolute Gasteiger partial charge is 0.410 e. The molecule has 2 atom stereocenters. The van der Waals surface area contributed by atoms with Crippen molar-refractivity contribution in [2.75, 3.05) is 65.4 Å². The van der Waals surface area contributed by atoms with Gasteiger partial charge in [-0.05, 0) is 93.1 Å². The van der Waals surface area contributed by atoms with Crippen molar-refractivity contribution < 1.29 is 23.5 Å². The van der Waals surface area contributed by atoms with Crippen LogP contribution >= 0.6 is 0 Å². The predicted octanol–water partition coefficient (Wildman–Crippen LogP) is 8.11. The highest BCUT2D eigenvalue weighted by molar-refractivity contribution is 5.89. The number of nitrogens with one attached hydrogen (secondary N) is 2. The van der Waals surface area contributed by atoms with Gasteiger partial charge in [0.2, 0.25) is 23.0 Å². The van der Waals surface area contributed by atoms with Gasteiger partial charge in [0.15, 0.2) is 0 Å². The number of hydrogen-bond acceptors (Lipinski definition) is 11. The number of rotatable bonds is 11. The lowest BCUT2D eigenvalue weighted by Crippen LogP contribution is -2.50. The van der Waals surface area contributed by atoms with Crippen molar-refractivity contribution in [1.82, 2.24) is 40.2 Å². The molecular weight excluding hydrogens is 869 g/mol. The topological polar surface area (TPSA) is 153 Å². The molecule has 4 heterocycles. The van der Waals surface area contributed by atoms with Gasteiger partial charge in [-0.3, -0.25) is 29.1 Å². The van der Waals surface area contributed by atoms with Gasteiger partial charge in [-0.1, -0.05) is 93.6 Å². The summed E-state index contributed by atoms with van der Waals surface area (Å²) in [5.74, 6) is -0.238. The van der Waals surface area contributed by atoms with E-state index >= 15 is 0 Å². The Morgan fingerprint density at radius 1 is 0.623 bits per heavy atom. The molecule has 14 heteroatoms. The van der Waals surface area contributed by atoms with Crippen LogP contribution in [0.1, 0.15) is 89.9 Å². The molecule has 3 aromatic carbocycles. The van der Waals surface area contributed by atoms with Crippen LogP contribution in [0, 0.1) is 0 Å². The van der Waals surface area contributed by atoms with Crippen LogP contribution in [-0.4, -0.2) is 119 Å². The number of nitrogens with zero attached hydrogens (tertiary/aromatic N) is 6. The number of benzene rings is 3. The molecule has 364 valence electrons. The summed E-state index contributed by atoms with van der Waals surface area (Å²) in [6.45, 7) is 20.2. The van der Waals surface area contributed by atoms with E-state index < -0.39 is 11.7 Å². The second kappa shape index (κ2) is 22.3. The summed E-state index contributed by atoms with van der Waals surface area (Å²) in [5, 5.41) is 7.25. The Morgan fingerprint density at radius 2 is 1.16 bits per heavy atom. The normalized spacial score (nSPS) is 16.0. The minimum absolute atomic E-state index is 0.119. The second-order valence-electron chi connectivity index (χ2n) is 20.2. The van der Waals surface area contributed by atoms with E-state index in [1.807, 2.05) is 138 Å². The van der Waals surface area contributed by atoms with Crippen LogP contribution in [0.25, 0.3) is 33.5 Å². The number of carbonyl (C=O) groups is 3. The van der Waals surface area contributed by atoms with E-state index in [0.29, 0.717) is 86.6 Å². The van der Waals surface area contributed by atoms with Crippen LogP contribution in [0.2, 0.25) is 0 Å². The van der Waals surface area contributed by atoms with E-state index in [9.17, 15) is 19.2 Å². The van der Waals surface area contributed by atoms with Crippen LogP contribution in [0.5, 0.6) is 0 Å². The molecule has 1 aliphatic heterocycles. The van der Waals surface area contributed by atoms with Crippen molar-refractivity contribution in [2.24, 2.45) is 0 Å². The average molecular weight is 937 g/mol. The van der Waals surface area contributed by atoms with Gasteiger partial charge in [0.25, 0.3) is 0 Å². The number of pyridine rings is 2. The zero-order valence-corrected chi connectivity index (χ0v) is 41.5. The maximum absolute atomic E-state index is 13.7. The summed E-state index contributed by atoms with van der Waals surface area (Å²) in [4.78, 5) is 72.8. The molecule has 3 amide bonds. The highest BCUT2D eigenvalue weighted by Gasteiger charge is 2.27. The third kappa shape index (κ3) is 14.1. The number of amides is 3. The number of ether oxygens (including phenoxy) is 1. The molecule has 0 spiro atoms. The fourth-order valence-electron chi connectivity index (χ4n) is 8.44. The lowest BCUT2D eigenvalue weighted by Gasteiger charge is -2.34. The molecule has 3 aromatic heterocycles. The second-order valence-corrected chi connectivity index (χ2v) is 20.2. The van der Waals surface area contributed by atoms with Gasteiger partial charge < -0.3 is 24.7 Å². The number of hydrogen-bond donors (Lipinski definition) is 2. The Balaban J connectivity index is 1.14. The van der Waals surface area contributed by atoms with Gasteiger partial charge in [0.1, 0.15) is 11.2 Å². The zero-order valence-electron chi connectivity index (χ0n) is 41.5. The van der Waals surface area contributed by atoms with Crippen molar-refractivity contribution in [3.63, 3.8) is 0 Å². The van der Waals surface area contributed by atoms with Crippen LogP contribution in [0.15, 0.2) is 118 Å². The van der Waals surface area contributed by atoms with Gasteiger partial charge in [-0.25, -0.2) is 14.8 Å². The fraction of sp³-hybridized carbons (Fsp3) is 0.418. The Kier molecular flexibility index (Phi) is 16.3. The lowest BCUT2D eigenvalue weighted by atomic mass is 9.86. The molecule has 0 bridgehead atoms. The van der Waals surface area contributed by atoms with Crippen molar-refractivity contribution in [3.05, 3.63) is 142 Å². The van der Waals surface area contributed by atoms with Gasteiger partial charge in [0, 0.05) is 58.9 Å². The molecule has 0 radical (unpaired) electrons. The molecule has 0 aliphatic carbocycles. The highest BCUT2D eigenvalue weighted by atomic mass is 16.6. The van der Waals surface area contributed by atoms with Crippen molar-refractivity contribution in [2.45, 2.75) is 85.0 Å². The molecule has 1 saturated heterocycles. The molecule has 1 fully saturated rings. The van der Waals surface area contributed by atoms with E-state index in [4.69, 9.17) is 19.1 Å². The van der Waals surface area contributed by atoms with E-state index in [-0.39, 0.29) is 53.5 Å². The molecule has 1 aliphatic rings. The van der Waals surface area contributed by atoms with Crippen LogP contribution in [-0.2, 0) is 26.3 Å². The summed E-state index contributed by atoms with van der Waals surface area (Å²) < 4.78 is 12.1. The minimum Gasteiger partial charge on any atom is -0.444 e. The lowest BCUT2D eigenvalue weighted by molar-refractivity contribution is -0.123. The van der Waals surface area contributed by atoms with Crippen molar-refractivity contribution in [3.8, 4) is 11.4 Å². The van der Waals surface area contributed by atoms with E-state index in [1.165, 1.54) is 0 Å². The monoisotopic (exact) mass is 937 g/mol. The van der Waals surface area contributed by atoms with E-state index in [1.54, 1.807) is 11.0 Å². The maximum Gasteiger partial charge on any atom is 0.410 e. The van der Waals surface area contributed by atoms with Gasteiger partial charge in [0.05, 0.1) is 53.0 Å². The fourth-order valence-corrected chi connectivity index (χ4v) is 8.44. The van der Waals surface area contributed by atoms with E-state index in [2.05, 4.69) is 46.1 Å². The first-order valence-corrected chi connectivity index (χ1v) is 24.1. The van der Waals surface area contributed by atoms with Crippen LogP contribution in [0.3, 0.4) is 0 Å². The summed E-state index contributed by atoms with van der Waals surface area (Å²) in [5.41, 5.74) is 4.84. The molecule has 2 N–H and O–H groups in total. The third-order valence-corrected chi connectivity index (χ3v) is 12.4. The molecule has 7 rings (SSSR count). The van der Waals surface area contributed by atoms with E-state index in [0.717, 1.165) is 22.4 Å². The SMILES string of the molecule is CC(NC(=O)CN1CCN(Cc2cccc(-c3ccc4c(=O)c5cc(C(C)(C)C)ccc5oc4n3)n2)CCN(CC(=O)NC(C)c2ccccc2)CCN(C(=O)OC(C)(C)C)CC1)c1ccccc1. The summed E-state index contributed by atoms with van der Waals surface area (Å²) >= 11 is 0. The van der Waals surface area contributed by atoms with Gasteiger partial charge >= 0.3 is 6.09 Å². The van der Waals surface area contributed by atoms with Crippen LogP contribution < -0.4 is 16.1 Å². The molecule has 69 heavy (non-hydrogen) atoms. The standard InChI is InChI=1S/C55H68N8O6/c1-38(40-16-11-9-12-17-40)56-49(64)36-61-28-26-60(27-29-62(31-33-63(32-30-61)53(67)69-55(6,7)8)37-50(65)57-39(2)41-18-13-10-14-19-41)35-43-20-15-21-46(58-43)47-24-23-44-51(66)45-34-42(54(3,4)5)22-25-48(45)68-52(44)59-47/h9-25,34,38-39H,26-33,35-37H2,1-8H3,(H,56,64)(H,57,65). The predicted molar refractivity (Wildman–Crippen MR) is 272 cm³/mol. The first kappa shape index (κ1) is 50.4. The quantitative estimate of drug-likeness (QED) is 0.121. The van der Waals surface area contributed by atoms with Gasteiger partial charge in [-0.15, -0.1) is 0 Å². The zero-order chi connectivity index (χ0) is 49.3. The van der Waals surface area contributed by atoms with Crippen molar-refractivity contribution in [1.29, 1.82) is 0 Å². The molecule has 2 unspecified atom stereocenters. The first-order chi connectivity index (χ1) is 32.9. The number of carbonyl (C=O) groups excluding carboxylic acids is 3.